The third-order valence-corrected chi connectivity index (χ3v) is 4.48. The Labute approximate surface area is 125 Å². The van der Waals surface area contributed by atoms with Gasteiger partial charge in [0.1, 0.15) is 5.82 Å². The molecule has 2 aliphatic heterocycles. The minimum Gasteiger partial charge on any atom is -0.353 e. The molecule has 0 N–H and O–H groups in total. The Bertz CT molecular complexity index is 479. The van der Waals surface area contributed by atoms with E-state index in [1.165, 1.54) is 12.8 Å². The number of hydrogen-bond donors (Lipinski definition) is 0. The van der Waals surface area contributed by atoms with E-state index in [9.17, 15) is 4.79 Å². The van der Waals surface area contributed by atoms with E-state index in [1.807, 2.05) is 17.2 Å². The Morgan fingerprint density at radius 1 is 1.10 bits per heavy atom. The van der Waals surface area contributed by atoms with E-state index in [0.29, 0.717) is 0 Å². The predicted molar refractivity (Wildman–Crippen MR) is 82.5 cm³/mol. The van der Waals surface area contributed by atoms with Crippen molar-refractivity contribution in [1.29, 1.82) is 0 Å². The van der Waals surface area contributed by atoms with E-state index >= 15 is 0 Å². The lowest BCUT2D eigenvalue weighted by molar-refractivity contribution is -0.118. The maximum absolute atomic E-state index is 10.8. The number of aromatic nitrogens is 2. The van der Waals surface area contributed by atoms with Crippen LogP contribution in [-0.2, 0) is 4.79 Å². The van der Waals surface area contributed by atoms with Gasteiger partial charge in [-0.05, 0) is 24.8 Å². The maximum atomic E-state index is 10.8. The molecule has 1 aromatic rings. The number of amides is 1. The zero-order chi connectivity index (χ0) is 14.7. The third kappa shape index (κ3) is 3.25. The normalized spacial score (nSPS) is 20.7. The fourth-order valence-corrected chi connectivity index (χ4v) is 2.93. The van der Waals surface area contributed by atoms with Gasteiger partial charge in [-0.25, -0.2) is 4.98 Å². The minimum atomic E-state index is 0.768. The van der Waals surface area contributed by atoms with Gasteiger partial charge in [0, 0.05) is 45.5 Å². The van der Waals surface area contributed by atoms with Crippen molar-refractivity contribution in [2.75, 3.05) is 49.1 Å². The van der Waals surface area contributed by atoms with Crippen LogP contribution in [0.25, 0.3) is 0 Å². The van der Waals surface area contributed by atoms with Crippen LogP contribution in [0.1, 0.15) is 19.8 Å². The first-order valence-electron chi connectivity index (χ1n) is 7.78. The van der Waals surface area contributed by atoms with E-state index in [2.05, 4.69) is 21.7 Å². The van der Waals surface area contributed by atoms with Crippen molar-refractivity contribution in [1.82, 2.24) is 14.9 Å². The first-order valence-corrected chi connectivity index (χ1v) is 7.78. The number of rotatable bonds is 3. The molecule has 6 heteroatoms. The van der Waals surface area contributed by atoms with Gasteiger partial charge in [0.05, 0.1) is 0 Å². The number of carbonyl (C=O) groups excluding carboxylic acids is 1. The molecule has 2 saturated heterocycles. The molecule has 0 spiro atoms. The number of piperazine rings is 1. The number of anilines is 2. The second kappa shape index (κ2) is 6.28. The number of nitrogens with zero attached hydrogens (tertiary/aromatic N) is 5. The molecule has 0 bridgehead atoms. The van der Waals surface area contributed by atoms with Crippen LogP contribution in [0.4, 0.5) is 11.8 Å². The van der Waals surface area contributed by atoms with Crippen molar-refractivity contribution in [3.05, 3.63) is 12.3 Å². The van der Waals surface area contributed by atoms with Gasteiger partial charge in [0.2, 0.25) is 12.4 Å². The molecule has 1 aromatic heterocycles. The second-order valence-electron chi connectivity index (χ2n) is 6.01. The maximum Gasteiger partial charge on any atom is 0.227 e. The summed E-state index contributed by atoms with van der Waals surface area (Å²) >= 11 is 0. The predicted octanol–water partition coefficient (Wildman–Crippen LogP) is 0.991. The zero-order valence-corrected chi connectivity index (χ0v) is 12.6. The van der Waals surface area contributed by atoms with Gasteiger partial charge in [0.25, 0.3) is 0 Å². The Kier molecular flexibility index (Phi) is 4.22. The van der Waals surface area contributed by atoms with Crippen LogP contribution in [0.15, 0.2) is 12.3 Å². The van der Waals surface area contributed by atoms with Gasteiger partial charge in [-0.2, -0.15) is 4.98 Å². The zero-order valence-electron chi connectivity index (χ0n) is 12.6. The highest BCUT2D eigenvalue weighted by atomic mass is 16.1. The standard InChI is InChI=1S/C15H23N5O/c1-13-3-6-20(7-4-13)15-16-5-2-14(17-15)19-10-8-18(12-21)9-11-19/h2,5,12-13H,3-4,6-11H2,1H3. The molecule has 0 unspecified atom stereocenters. The molecule has 114 valence electrons. The summed E-state index contributed by atoms with van der Waals surface area (Å²) in [7, 11) is 0. The van der Waals surface area contributed by atoms with Crippen molar-refractivity contribution in [2.24, 2.45) is 5.92 Å². The monoisotopic (exact) mass is 289 g/mol. The summed E-state index contributed by atoms with van der Waals surface area (Å²) in [5, 5.41) is 0. The molecule has 6 nitrogen and oxygen atoms in total. The summed E-state index contributed by atoms with van der Waals surface area (Å²) in [6.45, 7) is 7.61. The fraction of sp³-hybridized carbons (Fsp3) is 0.667. The topological polar surface area (TPSA) is 52.6 Å². The van der Waals surface area contributed by atoms with Crippen LogP contribution in [0.3, 0.4) is 0 Å². The Balaban J connectivity index is 1.67. The lowest BCUT2D eigenvalue weighted by Gasteiger charge is -2.34. The number of piperidine rings is 1. The molecular weight excluding hydrogens is 266 g/mol. The molecule has 3 rings (SSSR count). The summed E-state index contributed by atoms with van der Waals surface area (Å²) in [6.07, 6.45) is 5.20. The molecule has 3 heterocycles. The molecule has 21 heavy (non-hydrogen) atoms. The highest BCUT2D eigenvalue weighted by Gasteiger charge is 2.20. The first-order chi connectivity index (χ1) is 10.3. The molecule has 0 atom stereocenters. The van der Waals surface area contributed by atoms with Gasteiger partial charge in [-0.3, -0.25) is 4.79 Å². The molecule has 0 aliphatic carbocycles. The van der Waals surface area contributed by atoms with Gasteiger partial charge in [-0.1, -0.05) is 6.92 Å². The lowest BCUT2D eigenvalue weighted by atomic mass is 10.00. The van der Waals surface area contributed by atoms with Crippen LogP contribution < -0.4 is 9.80 Å². The van der Waals surface area contributed by atoms with E-state index in [0.717, 1.165) is 63.4 Å². The van der Waals surface area contributed by atoms with E-state index in [4.69, 9.17) is 4.98 Å². The average Bonchev–Trinajstić information content (AvgIpc) is 2.56. The van der Waals surface area contributed by atoms with Crippen LogP contribution in [0.2, 0.25) is 0 Å². The highest BCUT2D eigenvalue weighted by molar-refractivity contribution is 5.49. The fourth-order valence-electron chi connectivity index (χ4n) is 2.93. The van der Waals surface area contributed by atoms with Crippen molar-refractivity contribution >= 4 is 18.2 Å². The average molecular weight is 289 g/mol. The summed E-state index contributed by atoms with van der Waals surface area (Å²) < 4.78 is 0. The van der Waals surface area contributed by atoms with Gasteiger partial charge in [-0.15, -0.1) is 0 Å². The second-order valence-corrected chi connectivity index (χ2v) is 6.01. The molecule has 0 saturated carbocycles. The van der Waals surface area contributed by atoms with Crippen molar-refractivity contribution < 1.29 is 4.79 Å². The van der Waals surface area contributed by atoms with Crippen LogP contribution in [0, 0.1) is 5.92 Å². The molecule has 0 radical (unpaired) electrons. The smallest absolute Gasteiger partial charge is 0.227 e. The SMILES string of the molecule is CC1CCN(c2nccc(N3CCN(C=O)CC3)n2)CC1. The Morgan fingerprint density at radius 3 is 2.48 bits per heavy atom. The van der Waals surface area contributed by atoms with E-state index in [1.54, 1.807) is 0 Å². The Hall–Kier alpha value is -1.85. The van der Waals surface area contributed by atoms with Gasteiger partial charge in [0.15, 0.2) is 0 Å². The summed E-state index contributed by atoms with van der Waals surface area (Å²) in [5.41, 5.74) is 0. The summed E-state index contributed by atoms with van der Waals surface area (Å²) in [6, 6.07) is 1.96. The summed E-state index contributed by atoms with van der Waals surface area (Å²) in [4.78, 5) is 26.3. The highest BCUT2D eigenvalue weighted by Crippen LogP contribution is 2.22. The number of carbonyl (C=O) groups is 1. The quantitative estimate of drug-likeness (QED) is 0.777. The largest absolute Gasteiger partial charge is 0.353 e. The molecule has 1 amide bonds. The van der Waals surface area contributed by atoms with Gasteiger partial charge < -0.3 is 14.7 Å². The van der Waals surface area contributed by atoms with Crippen molar-refractivity contribution in [2.45, 2.75) is 19.8 Å². The number of hydrogen-bond acceptors (Lipinski definition) is 5. The third-order valence-electron chi connectivity index (χ3n) is 4.48. The van der Waals surface area contributed by atoms with Crippen LogP contribution in [0.5, 0.6) is 0 Å². The molecule has 2 aliphatic rings. The Morgan fingerprint density at radius 2 is 1.81 bits per heavy atom. The van der Waals surface area contributed by atoms with E-state index < -0.39 is 0 Å². The molecular formula is C15H23N5O. The lowest BCUT2D eigenvalue weighted by Crippen LogP contribution is -2.46. The first kappa shape index (κ1) is 14.1. The van der Waals surface area contributed by atoms with Gasteiger partial charge >= 0.3 is 0 Å². The molecule has 2 fully saturated rings. The summed E-state index contributed by atoms with van der Waals surface area (Å²) in [5.74, 6) is 2.63. The van der Waals surface area contributed by atoms with Crippen LogP contribution >= 0.6 is 0 Å². The van der Waals surface area contributed by atoms with E-state index in [-0.39, 0.29) is 0 Å². The van der Waals surface area contributed by atoms with Crippen molar-refractivity contribution in [3.63, 3.8) is 0 Å². The van der Waals surface area contributed by atoms with Crippen molar-refractivity contribution in [3.8, 4) is 0 Å². The van der Waals surface area contributed by atoms with Crippen LogP contribution in [-0.4, -0.2) is 60.5 Å². The minimum absolute atomic E-state index is 0.768. The molecule has 0 aromatic carbocycles.